The monoisotopic (exact) mass is 282 g/mol. The molecule has 2 aliphatic rings. The number of thiocarbonyl (C=S) groups is 1. The lowest BCUT2D eigenvalue weighted by Gasteiger charge is -2.36. The average molecular weight is 282 g/mol. The largest absolute Gasteiger partial charge is 0.360 e. The molecule has 0 aromatic carbocycles. The Kier molecular flexibility index (Phi) is 5.93. The molecule has 0 heterocycles. The number of rotatable bonds is 3. The summed E-state index contributed by atoms with van der Waals surface area (Å²) < 4.78 is 0. The van der Waals surface area contributed by atoms with Crippen molar-refractivity contribution in [3.8, 4) is 0 Å². The highest BCUT2D eigenvalue weighted by Gasteiger charge is 2.28. The zero-order chi connectivity index (χ0) is 13.7. The molecule has 2 atom stereocenters. The molecule has 2 saturated carbocycles. The van der Waals surface area contributed by atoms with Crippen LogP contribution in [0.3, 0.4) is 0 Å². The van der Waals surface area contributed by atoms with Gasteiger partial charge in [-0.15, -0.1) is 0 Å². The molecule has 19 heavy (non-hydrogen) atoms. The quantitative estimate of drug-likeness (QED) is 0.765. The van der Waals surface area contributed by atoms with Crippen LogP contribution in [0.25, 0.3) is 0 Å². The Labute approximate surface area is 124 Å². The van der Waals surface area contributed by atoms with Gasteiger partial charge in [-0.3, -0.25) is 0 Å². The van der Waals surface area contributed by atoms with Crippen molar-refractivity contribution in [2.75, 3.05) is 0 Å². The number of hydrogen-bond donors (Lipinski definition) is 2. The van der Waals surface area contributed by atoms with Gasteiger partial charge in [0, 0.05) is 12.1 Å². The normalized spacial score (nSPS) is 29.2. The van der Waals surface area contributed by atoms with Gasteiger partial charge in [0.2, 0.25) is 0 Å². The summed E-state index contributed by atoms with van der Waals surface area (Å²) in [7, 11) is 0. The molecule has 2 nitrogen and oxygen atoms in total. The van der Waals surface area contributed by atoms with Crippen molar-refractivity contribution in [2.24, 2.45) is 11.8 Å². The number of hydrogen-bond acceptors (Lipinski definition) is 1. The molecule has 2 fully saturated rings. The Hall–Kier alpha value is -0.310. The van der Waals surface area contributed by atoms with Crippen LogP contribution < -0.4 is 10.6 Å². The highest BCUT2D eigenvalue weighted by molar-refractivity contribution is 7.80. The molecule has 0 saturated heterocycles. The van der Waals surface area contributed by atoms with Gasteiger partial charge in [-0.25, -0.2) is 0 Å². The lowest BCUT2D eigenvalue weighted by Crippen LogP contribution is -2.50. The van der Waals surface area contributed by atoms with E-state index in [0.29, 0.717) is 12.1 Å². The zero-order valence-corrected chi connectivity index (χ0v) is 13.4. The summed E-state index contributed by atoms with van der Waals surface area (Å²) in [6, 6.07) is 1.21. The van der Waals surface area contributed by atoms with Crippen LogP contribution in [-0.4, -0.2) is 17.2 Å². The highest BCUT2D eigenvalue weighted by Crippen LogP contribution is 2.30. The van der Waals surface area contributed by atoms with Crippen LogP contribution in [-0.2, 0) is 0 Å². The second kappa shape index (κ2) is 7.47. The minimum absolute atomic E-state index is 0.595. The van der Waals surface area contributed by atoms with E-state index in [1.165, 1.54) is 57.8 Å². The summed E-state index contributed by atoms with van der Waals surface area (Å²) in [6.45, 7) is 4.70. The maximum Gasteiger partial charge on any atom is 0.166 e. The first-order chi connectivity index (χ1) is 9.16. The summed E-state index contributed by atoms with van der Waals surface area (Å²) in [5.41, 5.74) is 0. The Morgan fingerprint density at radius 1 is 0.895 bits per heavy atom. The van der Waals surface area contributed by atoms with E-state index >= 15 is 0 Å². The predicted octanol–water partition coefficient (Wildman–Crippen LogP) is 4.00. The minimum atomic E-state index is 0.595. The van der Waals surface area contributed by atoms with Crippen molar-refractivity contribution < 1.29 is 0 Å². The zero-order valence-electron chi connectivity index (χ0n) is 12.6. The molecule has 2 unspecified atom stereocenters. The van der Waals surface area contributed by atoms with E-state index in [0.717, 1.165) is 16.9 Å². The van der Waals surface area contributed by atoms with Crippen molar-refractivity contribution in [1.82, 2.24) is 10.6 Å². The second-order valence-corrected chi connectivity index (χ2v) is 7.16. The molecule has 2 rings (SSSR count). The first-order valence-electron chi connectivity index (χ1n) is 8.24. The van der Waals surface area contributed by atoms with Gasteiger partial charge in [0.05, 0.1) is 0 Å². The second-order valence-electron chi connectivity index (χ2n) is 6.75. The van der Waals surface area contributed by atoms with Gasteiger partial charge in [0.15, 0.2) is 5.11 Å². The maximum absolute atomic E-state index is 5.53. The van der Waals surface area contributed by atoms with E-state index in [4.69, 9.17) is 12.2 Å². The maximum atomic E-state index is 5.53. The van der Waals surface area contributed by atoms with Gasteiger partial charge in [-0.05, 0) is 49.7 Å². The van der Waals surface area contributed by atoms with Gasteiger partial charge in [-0.1, -0.05) is 46.0 Å². The third-order valence-electron chi connectivity index (χ3n) is 4.93. The fourth-order valence-electron chi connectivity index (χ4n) is 3.78. The molecule has 0 amide bonds. The van der Waals surface area contributed by atoms with Crippen LogP contribution in [0.15, 0.2) is 0 Å². The van der Waals surface area contributed by atoms with Crippen molar-refractivity contribution in [3.63, 3.8) is 0 Å². The summed E-state index contributed by atoms with van der Waals surface area (Å²) in [6.07, 6.45) is 12.1. The summed E-state index contributed by atoms with van der Waals surface area (Å²) in [4.78, 5) is 0. The summed E-state index contributed by atoms with van der Waals surface area (Å²) in [5.74, 6) is 1.55. The molecule has 0 spiro atoms. The van der Waals surface area contributed by atoms with Gasteiger partial charge in [-0.2, -0.15) is 0 Å². The molecule has 110 valence electrons. The van der Waals surface area contributed by atoms with E-state index < -0.39 is 0 Å². The molecule has 3 heteroatoms. The Balaban J connectivity index is 1.79. The molecular weight excluding hydrogens is 252 g/mol. The van der Waals surface area contributed by atoms with Crippen molar-refractivity contribution in [2.45, 2.75) is 83.7 Å². The lowest BCUT2D eigenvalue weighted by molar-refractivity contribution is 0.223. The van der Waals surface area contributed by atoms with E-state index in [9.17, 15) is 0 Å². The van der Waals surface area contributed by atoms with Gasteiger partial charge in [0.25, 0.3) is 0 Å². The van der Waals surface area contributed by atoms with Crippen LogP contribution in [0.1, 0.15) is 71.6 Å². The van der Waals surface area contributed by atoms with E-state index in [1.54, 1.807) is 0 Å². The number of nitrogens with one attached hydrogen (secondary N) is 2. The van der Waals surface area contributed by atoms with Crippen LogP contribution in [0.4, 0.5) is 0 Å². The molecule has 0 aliphatic heterocycles. The minimum Gasteiger partial charge on any atom is -0.360 e. The van der Waals surface area contributed by atoms with Crippen LogP contribution in [0.5, 0.6) is 0 Å². The van der Waals surface area contributed by atoms with Crippen molar-refractivity contribution >= 4 is 17.3 Å². The third kappa shape index (κ3) is 4.62. The van der Waals surface area contributed by atoms with E-state index in [-0.39, 0.29) is 0 Å². The lowest BCUT2D eigenvalue weighted by atomic mass is 9.78. The molecule has 0 bridgehead atoms. The fraction of sp³-hybridized carbons (Fsp3) is 0.938. The summed E-state index contributed by atoms with van der Waals surface area (Å²) in [5, 5.41) is 8.07. The molecule has 2 aliphatic carbocycles. The molecule has 0 aromatic rings. The molecule has 0 radical (unpaired) electrons. The Morgan fingerprint density at radius 2 is 1.53 bits per heavy atom. The first-order valence-corrected chi connectivity index (χ1v) is 8.64. The van der Waals surface area contributed by atoms with Gasteiger partial charge >= 0.3 is 0 Å². The highest BCUT2D eigenvalue weighted by atomic mass is 32.1. The van der Waals surface area contributed by atoms with Crippen LogP contribution in [0, 0.1) is 11.8 Å². The van der Waals surface area contributed by atoms with Crippen LogP contribution in [0.2, 0.25) is 0 Å². The SMILES string of the molecule is CC(C)C1CCCCC1NC(=S)NC1CCCCC1. The van der Waals surface area contributed by atoms with Crippen LogP contribution >= 0.6 is 12.2 Å². The van der Waals surface area contributed by atoms with Crippen molar-refractivity contribution in [1.29, 1.82) is 0 Å². The third-order valence-corrected chi connectivity index (χ3v) is 5.17. The summed E-state index contributed by atoms with van der Waals surface area (Å²) >= 11 is 5.53. The van der Waals surface area contributed by atoms with Crippen molar-refractivity contribution in [3.05, 3.63) is 0 Å². The smallest absolute Gasteiger partial charge is 0.166 e. The van der Waals surface area contributed by atoms with E-state index in [1.807, 2.05) is 0 Å². The topological polar surface area (TPSA) is 24.1 Å². The predicted molar refractivity (Wildman–Crippen MR) is 86.3 cm³/mol. The van der Waals surface area contributed by atoms with Gasteiger partial charge < -0.3 is 10.6 Å². The first kappa shape index (κ1) is 15.1. The molecular formula is C16H30N2S. The Morgan fingerprint density at radius 3 is 2.21 bits per heavy atom. The molecule has 2 N–H and O–H groups in total. The van der Waals surface area contributed by atoms with Gasteiger partial charge in [0.1, 0.15) is 0 Å². The fourth-order valence-corrected chi connectivity index (χ4v) is 4.10. The average Bonchev–Trinajstić information content (AvgIpc) is 2.40. The Bertz CT molecular complexity index is 284. The molecule has 0 aromatic heterocycles. The standard InChI is InChI=1S/C16H30N2S/c1-12(2)14-10-6-7-11-15(14)18-16(19)17-13-8-4-3-5-9-13/h12-15H,3-11H2,1-2H3,(H2,17,18,19). The van der Waals surface area contributed by atoms with E-state index in [2.05, 4.69) is 24.5 Å².